The van der Waals surface area contributed by atoms with Crippen LogP contribution in [0.5, 0.6) is 0 Å². The van der Waals surface area contributed by atoms with Gasteiger partial charge in [-0.25, -0.2) is 4.98 Å². The van der Waals surface area contributed by atoms with Crippen molar-refractivity contribution in [3.8, 4) is 0 Å². The Labute approximate surface area is 151 Å². The van der Waals surface area contributed by atoms with E-state index in [1.807, 2.05) is 13.8 Å². The number of carbonyl (C=O) groups excluding carboxylic acids is 1. The molecule has 1 aromatic heterocycles. The van der Waals surface area contributed by atoms with E-state index in [0.717, 1.165) is 17.2 Å². The summed E-state index contributed by atoms with van der Waals surface area (Å²) in [4.78, 5) is 25.6. The highest BCUT2D eigenvalue weighted by atomic mass is 35.5. The third kappa shape index (κ3) is 3.32. The maximum Gasteiger partial charge on any atom is 0.257 e. The van der Waals surface area contributed by atoms with E-state index < -0.39 is 0 Å². The van der Waals surface area contributed by atoms with Crippen LogP contribution in [0, 0.1) is 13.8 Å². The summed E-state index contributed by atoms with van der Waals surface area (Å²) in [7, 11) is 0. The first-order valence-electron chi connectivity index (χ1n) is 7.76. The SMILES string of the molecule is Cc1cnc(C)c(N2CCN(C(=O)c3c(Cl)cccc3Cl)CC2)n1. The Morgan fingerprint density at radius 3 is 2.33 bits per heavy atom. The summed E-state index contributed by atoms with van der Waals surface area (Å²) in [6.07, 6.45) is 1.76. The average molecular weight is 365 g/mol. The fourth-order valence-corrected chi connectivity index (χ4v) is 3.37. The number of amides is 1. The van der Waals surface area contributed by atoms with Crippen LogP contribution in [0.25, 0.3) is 0 Å². The summed E-state index contributed by atoms with van der Waals surface area (Å²) in [5.41, 5.74) is 2.16. The highest BCUT2D eigenvalue weighted by Gasteiger charge is 2.26. The topological polar surface area (TPSA) is 49.3 Å². The molecule has 126 valence electrons. The molecule has 1 aromatic carbocycles. The number of halogens is 2. The van der Waals surface area contributed by atoms with Crippen molar-refractivity contribution in [1.29, 1.82) is 0 Å². The molecule has 7 heteroatoms. The monoisotopic (exact) mass is 364 g/mol. The predicted molar refractivity (Wildman–Crippen MR) is 96.1 cm³/mol. The van der Waals surface area contributed by atoms with Gasteiger partial charge < -0.3 is 9.80 Å². The normalized spacial score (nSPS) is 14.8. The molecule has 0 aliphatic carbocycles. The molecule has 0 radical (unpaired) electrons. The molecule has 3 rings (SSSR count). The lowest BCUT2D eigenvalue weighted by atomic mass is 10.1. The quantitative estimate of drug-likeness (QED) is 0.819. The molecule has 1 amide bonds. The van der Waals surface area contributed by atoms with Crippen molar-refractivity contribution in [3.63, 3.8) is 0 Å². The van der Waals surface area contributed by atoms with Gasteiger partial charge in [0.2, 0.25) is 0 Å². The molecule has 1 aliphatic rings. The van der Waals surface area contributed by atoms with Crippen LogP contribution in [0.4, 0.5) is 5.82 Å². The van der Waals surface area contributed by atoms with Crippen molar-refractivity contribution in [2.45, 2.75) is 13.8 Å². The Kier molecular flexibility index (Phi) is 4.92. The molecule has 0 spiro atoms. The number of piperazine rings is 1. The van der Waals surface area contributed by atoms with Crippen LogP contribution < -0.4 is 4.90 Å². The summed E-state index contributed by atoms with van der Waals surface area (Å²) >= 11 is 12.3. The van der Waals surface area contributed by atoms with E-state index >= 15 is 0 Å². The maximum atomic E-state index is 12.7. The van der Waals surface area contributed by atoms with E-state index in [9.17, 15) is 4.79 Å². The third-order valence-electron chi connectivity index (χ3n) is 4.09. The van der Waals surface area contributed by atoms with Gasteiger partial charge in [-0.3, -0.25) is 9.78 Å². The lowest BCUT2D eigenvalue weighted by Crippen LogP contribution is -2.49. The minimum absolute atomic E-state index is 0.128. The number of rotatable bonds is 2. The molecule has 0 unspecified atom stereocenters. The van der Waals surface area contributed by atoms with E-state index in [0.29, 0.717) is 41.8 Å². The molecular weight excluding hydrogens is 347 g/mol. The number of carbonyl (C=O) groups is 1. The number of benzene rings is 1. The Morgan fingerprint density at radius 2 is 1.71 bits per heavy atom. The van der Waals surface area contributed by atoms with Gasteiger partial charge >= 0.3 is 0 Å². The summed E-state index contributed by atoms with van der Waals surface area (Å²) in [6, 6.07) is 5.10. The van der Waals surface area contributed by atoms with E-state index in [4.69, 9.17) is 23.2 Å². The van der Waals surface area contributed by atoms with Gasteiger partial charge in [0.1, 0.15) is 5.82 Å². The van der Waals surface area contributed by atoms with Crippen LogP contribution in [-0.2, 0) is 0 Å². The largest absolute Gasteiger partial charge is 0.352 e. The van der Waals surface area contributed by atoms with E-state index in [-0.39, 0.29) is 5.91 Å². The van der Waals surface area contributed by atoms with Crippen molar-refractivity contribution in [3.05, 3.63) is 51.4 Å². The van der Waals surface area contributed by atoms with E-state index in [2.05, 4.69) is 14.9 Å². The molecule has 24 heavy (non-hydrogen) atoms. The minimum Gasteiger partial charge on any atom is -0.352 e. The molecule has 2 heterocycles. The van der Waals surface area contributed by atoms with E-state index in [1.165, 1.54) is 0 Å². The van der Waals surface area contributed by atoms with Crippen molar-refractivity contribution >= 4 is 34.9 Å². The van der Waals surface area contributed by atoms with Gasteiger partial charge in [0.05, 0.1) is 27.0 Å². The number of anilines is 1. The van der Waals surface area contributed by atoms with Crippen molar-refractivity contribution in [2.24, 2.45) is 0 Å². The molecule has 1 saturated heterocycles. The zero-order valence-corrected chi connectivity index (χ0v) is 15.1. The van der Waals surface area contributed by atoms with Gasteiger partial charge in [-0.2, -0.15) is 0 Å². The van der Waals surface area contributed by atoms with E-state index in [1.54, 1.807) is 29.3 Å². The van der Waals surface area contributed by atoms with Crippen LogP contribution in [0.3, 0.4) is 0 Å². The molecule has 1 aliphatic heterocycles. The number of aromatic nitrogens is 2. The highest BCUT2D eigenvalue weighted by molar-refractivity contribution is 6.39. The van der Waals surface area contributed by atoms with Gasteiger partial charge in [-0.15, -0.1) is 0 Å². The second-order valence-corrected chi connectivity index (χ2v) is 6.61. The fourth-order valence-electron chi connectivity index (χ4n) is 2.81. The van der Waals surface area contributed by atoms with Gasteiger partial charge in [0.15, 0.2) is 0 Å². The summed E-state index contributed by atoms with van der Waals surface area (Å²) in [5.74, 6) is 0.759. The zero-order chi connectivity index (χ0) is 17.3. The molecular formula is C17H18Cl2N4O. The lowest BCUT2D eigenvalue weighted by Gasteiger charge is -2.36. The number of nitrogens with zero attached hydrogens (tertiary/aromatic N) is 4. The van der Waals surface area contributed by atoms with Crippen LogP contribution in [0.15, 0.2) is 24.4 Å². The lowest BCUT2D eigenvalue weighted by molar-refractivity contribution is 0.0747. The maximum absolute atomic E-state index is 12.7. The first-order chi connectivity index (χ1) is 11.5. The average Bonchev–Trinajstić information content (AvgIpc) is 2.57. The molecule has 2 aromatic rings. The second-order valence-electron chi connectivity index (χ2n) is 5.80. The number of aryl methyl sites for hydroxylation is 2. The Morgan fingerprint density at radius 1 is 1.08 bits per heavy atom. The fraction of sp³-hybridized carbons (Fsp3) is 0.353. The Bertz CT molecular complexity index is 753. The molecule has 5 nitrogen and oxygen atoms in total. The third-order valence-corrected chi connectivity index (χ3v) is 4.72. The Balaban J connectivity index is 1.73. The second kappa shape index (κ2) is 6.95. The molecule has 0 atom stereocenters. The van der Waals surface area contributed by atoms with Crippen molar-refractivity contribution in [2.75, 3.05) is 31.1 Å². The summed E-state index contributed by atoms with van der Waals surface area (Å²) < 4.78 is 0. The molecule has 0 saturated carbocycles. The van der Waals surface area contributed by atoms with Gasteiger partial charge in [-0.1, -0.05) is 29.3 Å². The molecule has 0 bridgehead atoms. The zero-order valence-electron chi connectivity index (χ0n) is 13.6. The summed E-state index contributed by atoms with van der Waals surface area (Å²) in [6.45, 7) is 6.46. The van der Waals surface area contributed by atoms with Crippen LogP contribution in [0.2, 0.25) is 10.0 Å². The van der Waals surface area contributed by atoms with Gasteiger partial charge in [0.25, 0.3) is 5.91 Å². The Hall–Kier alpha value is -1.85. The summed E-state index contributed by atoms with van der Waals surface area (Å²) in [5, 5.41) is 0.769. The minimum atomic E-state index is -0.128. The van der Waals surface area contributed by atoms with Crippen LogP contribution >= 0.6 is 23.2 Å². The standard InChI is InChI=1S/C17H18Cl2N4O/c1-11-10-20-12(2)16(21-11)22-6-8-23(9-7-22)17(24)15-13(18)4-3-5-14(15)19/h3-5,10H,6-9H2,1-2H3. The van der Waals surface area contributed by atoms with Crippen molar-refractivity contribution in [1.82, 2.24) is 14.9 Å². The molecule has 1 fully saturated rings. The first kappa shape index (κ1) is 17.0. The van der Waals surface area contributed by atoms with Crippen molar-refractivity contribution < 1.29 is 4.79 Å². The number of hydrogen-bond acceptors (Lipinski definition) is 4. The molecule has 0 N–H and O–H groups in total. The van der Waals surface area contributed by atoms with Crippen LogP contribution in [0.1, 0.15) is 21.7 Å². The first-order valence-corrected chi connectivity index (χ1v) is 8.51. The highest BCUT2D eigenvalue weighted by Crippen LogP contribution is 2.26. The number of hydrogen-bond donors (Lipinski definition) is 0. The van der Waals surface area contributed by atoms with Gasteiger partial charge in [0, 0.05) is 32.4 Å². The van der Waals surface area contributed by atoms with Gasteiger partial charge in [-0.05, 0) is 26.0 Å². The van der Waals surface area contributed by atoms with Crippen LogP contribution in [-0.4, -0.2) is 47.0 Å². The smallest absolute Gasteiger partial charge is 0.257 e. The predicted octanol–water partition coefficient (Wildman–Crippen LogP) is 3.36.